The highest BCUT2D eigenvalue weighted by molar-refractivity contribution is 6.17. The molecule has 0 aliphatic rings. The van der Waals surface area contributed by atoms with E-state index in [0.717, 1.165) is 134 Å². The Labute approximate surface area is 738 Å². The van der Waals surface area contributed by atoms with Crippen molar-refractivity contribution in [3.8, 4) is 17.2 Å². The highest BCUT2D eigenvalue weighted by Crippen LogP contribution is 2.32. The molecule has 5 aromatic heterocycles. The van der Waals surface area contributed by atoms with E-state index in [0.29, 0.717) is 58.0 Å². The van der Waals surface area contributed by atoms with Gasteiger partial charge in [-0.3, -0.25) is 45.3 Å². The number of nitrogen functional groups attached to an aromatic ring is 2. The molecule has 5 heterocycles. The van der Waals surface area contributed by atoms with E-state index in [1.165, 1.54) is 59.2 Å². The molecule has 0 spiro atoms. The van der Waals surface area contributed by atoms with Crippen molar-refractivity contribution in [3.63, 3.8) is 0 Å². The predicted molar refractivity (Wildman–Crippen MR) is 481 cm³/mol. The number of methoxy groups -OCH3 is 8. The minimum atomic E-state index is -1.33. The number of alkyl halides is 1. The van der Waals surface area contributed by atoms with Crippen LogP contribution < -0.4 is 46.9 Å². The molecule has 0 unspecified atom stereocenters. The van der Waals surface area contributed by atoms with Gasteiger partial charge in [-0.25, -0.2) is 38.7 Å². The summed E-state index contributed by atoms with van der Waals surface area (Å²) < 4.78 is 68.1. The van der Waals surface area contributed by atoms with Crippen molar-refractivity contribution in [1.29, 1.82) is 0 Å². The van der Waals surface area contributed by atoms with Crippen molar-refractivity contribution in [2.45, 2.75) is 88.6 Å². The number of nitro benzene ring substituents is 3. The fourth-order valence-corrected chi connectivity index (χ4v) is 11.8. The van der Waals surface area contributed by atoms with Gasteiger partial charge in [0, 0.05) is 111 Å². The summed E-state index contributed by atoms with van der Waals surface area (Å²) in [4.78, 5) is 119. The standard InChI is InChI=1S/C20H24N4O3.C13H21NO.C10H11N3O2.C9H12ClNO.C9H10N2O4.C9H12N2O2.C8H6FNO4.C7H4FNO4.CH5N.CH4/c1-12-10-21-16(13(2)18(12)26-5)11-23(3)20-22-15-9-14(19(25)27-6)7-8-17(15)24(20)4;1-9-8-14-11(7-13(3,4)5)10(2)12(9)15-6;1-13-8-4-3-6(9(14)15-2)5-7(8)12-10(13)11;1-6-5-11-8(4-10)7(2)9(6)12-3;1-10-7-4-3-6(9(12)15-2)5-8(7)11(13)14;1-11-8-4-3-6(5-7(8)10)9(12)13-2;1-14-8(11)5-2-3-6(9)7(4-5)10(12)13;8-5-2-1-4(7(10)11)3-6(5)9(12)13;1-2;/h7-10H,11H2,1-6H3;8H,7H2,1-6H3;3-5H,1-2H3,(H2,11,12);5H,4H2,1-3H3;3-5,10H,1-2H3;3-5,11H,10H2,1-2H3;2-4H,1H3;1-3H,(H,10,11);2H2,1H3;1H4. The van der Waals surface area contributed by atoms with Crippen LogP contribution in [0.25, 0.3) is 22.1 Å². The van der Waals surface area contributed by atoms with Gasteiger partial charge in [0.15, 0.2) is 0 Å². The molecule has 684 valence electrons. The Morgan fingerprint density at radius 3 is 1.20 bits per heavy atom. The van der Waals surface area contributed by atoms with Crippen molar-refractivity contribution in [2.24, 2.45) is 25.2 Å². The minimum absolute atomic E-state index is 0. The largest absolute Gasteiger partial charge is 0.496 e. The maximum atomic E-state index is 12.8. The van der Waals surface area contributed by atoms with Crippen LogP contribution in [0, 0.1) is 88.9 Å². The van der Waals surface area contributed by atoms with Gasteiger partial charge in [-0.1, -0.05) is 28.2 Å². The summed E-state index contributed by atoms with van der Waals surface area (Å²) in [6, 6.07) is 24.8. The van der Waals surface area contributed by atoms with Crippen molar-refractivity contribution < 1.29 is 95.3 Å². The van der Waals surface area contributed by atoms with Crippen LogP contribution in [0.3, 0.4) is 0 Å². The van der Waals surface area contributed by atoms with E-state index in [4.69, 9.17) is 52.1 Å². The molecule has 11 rings (SSSR count). The summed E-state index contributed by atoms with van der Waals surface area (Å²) in [6.45, 7) is 19.3. The van der Waals surface area contributed by atoms with E-state index < -0.39 is 55.7 Å². The number of aromatic nitrogens is 7. The number of fused-ring (bicyclic) bond motifs is 2. The van der Waals surface area contributed by atoms with Gasteiger partial charge in [-0.05, 0) is 151 Å². The van der Waals surface area contributed by atoms with Crippen molar-refractivity contribution >= 4 is 116 Å². The molecule has 11 aromatic rings. The average Bonchev–Trinajstić information content (AvgIpc) is 1.64. The molecule has 6 aromatic carbocycles. The number of esters is 5. The fourth-order valence-electron chi connectivity index (χ4n) is 11.6. The second-order valence-electron chi connectivity index (χ2n) is 27.7. The number of carboxylic acids is 1. The number of rotatable bonds is 19. The number of nitrogens with zero attached hydrogens (tertiary/aromatic N) is 11. The summed E-state index contributed by atoms with van der Waals surface area (Å²) in [7, 11) is 22.0. The molecule has 0 fully saturated rings. The Morgan fingerprint density at radius 1 is 0.496 bits per heavy atom. The molecule has 0 aliphatic carbocycles. The number of hydrogen-bond acceptors (Lipinski definition) is 31. The van der Waals surface area contributed by atoms with Gasteiger partial charge in [0.05, 0.1) is 162 Å². The zero-order valence-electron chi connectivity index (χ0n) is 74.1. The first-order valence-electron chi connectivity index (χ1n) is 37.5. The molecule has 40 heteroatoms. The second-order valence-corrected chi connectivity index (χ2v) is 27.9. The first-order valence-corrected chi connectivity index (χ1v) is 38.0. The number of halogens is 3. The van der Waals surface area contributed by atoms with E-state index in [2.05, 4.69) is 82.9 Å². The molecule has 0 aliphatic heterocycles. The first kappa shape index (κ1) is 108. The zero-order valence-corrected chi connectivity index (χ0v) is 74.9. The van der Waals surface area contributed by atoms with Gasteiger partial charge < -0.3 is 84.9 Å². The third kappa shape index (κ3) is 30.3. The van der Waals surface area contributed by atoms with Gasteiger partial charge in [0.2, 0.25) is 23.5 Å². The SMILES string of the molecule is C.CN.CNc1ccc(C(=O)OC)cc1N.CNc1ccc(C(=O)OC)cc1[N+](=O)[O-].COC(=O)c1ccc(F)c([N+](=O)[O-])c1.COC(=O)c1ccc2c(c1)nc(N(C)Cc1ncc(C)c(OC)c1C)n2C.COC(=O)c1ccc2c(c1)nc(N)n2C.COc1c(C)cnc(CC(C)(C)C)c1C.COc1c(C)cnc(CCl)c1C.O=C(O)c1ccc(F)c([N+](=O)[O-])c1. The van der Waals surface area contributed by atoms with Crippen LogP contribution in [-0.2, 0) is 56.6 Å². The summed E-state index contributed by atoms with van der Waals surface area (Å²) >= 11 is 5.70. The smallest absolute Gasteiger partial charge is 0.338 e. The lowest BCUT2D eigenvalue weighted by Gasteiger charge is -2.20. The van der Waals surface area contributed by atoms with Crippen LogP contribution in [0.4, 0.5) is 54.8 Å². The molecule has 0 bridgehead atoms. The summed E-state index contributed by atoms with van der Waals surface area (Å²) in [5.41, 5.74) is 29.9. The quantitative estimate of drug-likeness (QED) is 0.0109. The number of carbonyl (C=O) groups is 6. The van der Waals surface area contributed by atoms with E-state index in [9.17, 15) is 67.9 Å². The number of benzene rings is 6. The number of anilines is 5. The Bertz CT molecular complexity index is 5690. The molecule has 0 saturated heterocycles. The number of aryl methyl sites for hydroxylation is 5. The highest BCUT2D eigenvalue weighted by atomic mass is 35.5. The number of nitrogens with two attached hydrogens (primary N) is 3. The molecule has 37 nitrogen and oxygen atoms in total. The highest BCUT2D eigenvalue weighted by Gasteiger charge is 2.24. The van der Waals surface area contributed by atoms with Crippen LogP contribution in [0.1, 0.15) is 141 Å². The normalized spacial score (nSPS) is 10.0. The molecule has 127 heavy (non-hydrogen) atoms. The molecule has 0 radical (unpaired) electrons. The zero-order chi connectivity index (χ0) is 95.5. The van der Waals surface area contributed by atoms with Crippen LogP contribution >= 0.6 is 11.6 Å². The molecule has 9 N–H and O–H groups in total. The number of ether oxygens (including phenoxy) is 8. The number of pyridine rings is 3. The van der Waals surface area contributed by atoms with Gasteiger partial charge >= 0.3 is 47.2 Å². The third-order valence-corrected chi connectivity index (χ3v) is 18.3. The van der Waals surface area contributed by atoms with Crippen LogP contribution in [0.15, 0.2) is 128 Å². The number of hydrogen-bond donors (Lipinski definition) is 6. The second kappa shape index (κ2) is 51.4. The predicted octanol–water partition coefficient (Wildman–Crippen LogP) is 15.4. The lowest BCUT2D eigenvalue weighted by Crippen LogP contribution is -2.21. The number of imidazole rings is 2. The van der Waals surface area contributed by atoms with Crippen LogP contribution in [0.5, 0.6) is 17.2 Å². The average molecular weight is 1790 g/mol. The number of nitrogens with one attached hydrogen (secondary N) is 2. The maximum absolute atomic E-state index is 12.8. The van der Waals surface area contributed by atoms with Crippen LogP contribution in [-0.4, -0.2) is 175 Å². The lowest BCUT2D eigenvalue weighted by molar-refractivity contribution is -0.387. The summed E-state index contributed by atoms with van der Waals surface area (Å²) in [5, 5.41) is 45.1. The molecular formula is C87H109ClF2N16O21. The Kier molecular flexibility index (Phi) is 43.8. The lowest BCUT2D eigenvalue weighted by atomic mass is 9.88. The van der Waals surface area contributed by atoms with Gasteiger partial charge in [-0.2, -0.15) is 8.78 Å². The topological polar surface area (TPSA) is 506 Å². The van der Waals surface area contributed by atoms with E-state index in [1.807, 2.05) is 83.7 Å². The fraction of sp³-hybridized carbons (Fsp3) is 0.322. The van der Waals surface area contributed by atoms with Gasteiger partial charge in [-0.15, -0.1) is 11.6 Å². The Hall–Kier alpha value is -14.8. The number of nitro groups is 3. The van der Waals surface area contributed by atoms with Gasteiger partial charge in [0.25, 0.3) is 5.69 Å². The number of carbonyl (C=O) groups excluding carboxylic acids is 5. The monoisotopic (exact) mass is 1790 g/mol. The van der Waals surface area contributed by atoms with Gasteiger partial charge in [0.1, 0.15) is 22.9 Å². The summed E-state index contributed by atoms with van der Waals surface area (Å²) in [6.07, 6.45) is 6.48. The van der Waals surface area contributed by atoms with Crippen molar-refractivity contribution in [2.75, 3.05) is 112 Å². The molecule has 0 saturated carbocycles. The van der Waals surface area contributed by atoms with E-state index in [1.54, 1.807) is 94.7 Å². The number of aromatic carboxylic acids is 1. The Balaban J connectivity index is 0.000000497. The number of carboxylic acid groups (broad SMARTS) is 1. The van der Waals surface area contributed by atoms with Crippen LogP contribution in [0.2, 0.25) is 0 Å². The molecule has 0 amide bonds. The third-order valence-electron chi connectivity index (χ3n) is 18.0. The first-order chi connectivity index (χ1) is 59.4. The molecular weight excluding hydrogens is 1680 g/mol. The minimum Gasteiger partial charge on any atom is -0.496 e. The maximum Gasteiger partial charge on any atom is 0.338 e. The van der Waals surface area contributed by atoms with E-state index in [-0.39, 0.29) is 53.1 Å². The van der Waals surface area contributed by atoms with E-state index >= 15 is 0 Å². The molecule has 0 atom stereocenters. The van der Waals surface area contributed by atoms with Crippen molar-refractivity contribution in [3.05, 3.63) is 254 Å². The Morgan fingerprint density at radius 2 is 0.827 bits per heavy atom. The van der Waals surface area contributed by atoms with Crippen molar-refractivity contribution in [1.82, 2.24) is 34.1 Å². The summed E-state index contributed by atoms with van der Waals surface area (Å²) in [5.74, 6) is -1.46.